The van der Waals surface area contributed by atoms with Gasteiger partial charge in [0.25, 0.3) is 0 Å². The van der Waals surface area contributed by atoms with Gasteiger partial charge in [-0.1, -0.05) is 57.2 Å². The van der Waals surface area contributed by atoms with Gasteiger partial charge in [-0.05, 0) is 73.2 Å². The highest BCUT2D eigenvalue weighted by Crippen LogP contribution is 2.28. The molecule has 0 bridgehead atoms. The second kappa shape index (κ2) is 10.5. The van der Waals surface area contributed by atoms with Crippen molar-refractivity contribution in [3.05, 3.63) is 77.0 Å². The van der Waals surface area contributed by atoms with Gasteiger partial charge in [0.15, 0.2) is 5.82 Å². The molecule has 2 aromatic heterocycles. The Hall–Kier alpha value is -3.02. The predicted molar refractivity (Wildman–Crippen MR) is 144 cm³/mol. The molecule has 4 rings (SSSR count). The molecular weight excluding hydrogens is 418 g/mol. The number of rotatable bonds is 9. The van der Waals surface area contributed by atoms with Crippen LogP contribution in [0.3, 0.4) is 0 Å². The topological polar surface area (TPSA) is 81.1 Å². The van der Waals surface area contributed by atoms with Crippen LogP contribution in [-0.2, 0) is 12.8 Å². The van der Waals surface area contributed by atoms with E-state index < -0.39 is 0 Å². The second-order valence-corrected chi connectivity index (χ2v) is 9.44. The van der Waals surface area contributed by atoms with E-state index in [-0.39, 0.29) is 6.04 Å². The minimum atomic E-state index is 0.134. The van der Waals surface area contributed by atoms with Crippen molar-refractivity contribution in [1.29, 1.82) is 0 Å². The number of likely N-dealkylation sites (N-methyl/N-ethyl adjacent to an activating group) is 1. The van der Waals surface area contributed by atoms with Crippen LogP contribution in [0.15, 0.2) is 54.7 Å². The summed E-state index contributed by atoms with van der Waals surface area (Å²) in [6, 6.07) is 17.6. The van der Waals surface area contributed by atoms with Crippen LogP contribution in [0.25, 0.3) is 21.8 Å². The Bertz CT molecular complexity index is 1260. The largest absolute Gasteiger partial charge is 0.382 e. The van der Waals surface area contributed by atoms with Crippen LogP contribution in [0.4, 0.5) is 5.82 Å². The molecule has 0 saturated heterocycles. The zero-order chi connectivity index (χ0) is 24.2. The Labute approximate surface area is 203 Å². The van der Waals surface area contributed by atoms with E-state index in [0.29, 0.717) is 11.7 Å². The van der Waals surface area contributed by atoms with Crippen LogP contribution in [-0.4, -0.2) is 40.5 Å². The zero-order valence-electron chi connectivity index (χ0n) is 20.9. The summed E-state index contributed by atoms with van der Waals surface area (Å²) in [6.45, 7) is 11.7. The standard InChI is InChI=1S/C29H37N5/c1-5-34(6-2)18-26(30)20(4)23-12-10-21(11-13-23)8-9-22-16-25-24-14-7-19(3)15-27(24)33-29(31)28(25)32-17-22/h7,10-17,20,26H,5-6,8-9,18,30H2,1-4H3,(H2,31,33). The molecule has 4 N–H and O–H groups in total. The summed E-state index contributed by atoms with van der Waals surface area (Å²) < 4.78 is 0. The minimum Gasteiger partial charge on any atom is -0.382 e. The highest BCUT2D eigenvalue weighted by Gasteiger charge is 2.17. The fourth-order valence-corrected chi connectivity index (χ4v) is 4.66. The summed E-state index contributed by atoms with van der Waals surface area (Å²) >= 11 is 0. The van der Waals surface area contributed by atoms with Crippen LogP contribution < -0.4 is 11.5 Å². The highest BCUT2D eigenvalue weighted by molar-refractivity contribution is 6.08. The third-order valence-corrected chi connectivity index (χ3v) is 7.08. The van der Waals surface area contributed by atoms with Gasteiger partial charge in [-0.15, -0.1) is 0 Å². The minimum absolute atomic E-state index is 0.134. The third kappa shape index (κ3) is 5.21. The van der Waals surface area contributed by atoms with Crippen LogP contribution in [0.5, 0.6) is 0 Å². The number of aromatic nitrogens is 2. The molecule has 0 radical (unpaired) electrons. The van der Waals surface area contributed by atoms with Crippen molar-refractivity contribution in [2.45, 2.75) is 52.5 Å². The van der Waals surface area contributed by atoms with Crippen molar-refractivity contribution < 1.29 is 0 Å². The van der Waals surface area contributed by atoms with Crippen molar-refractivity contribution in [1.82, 2.24) is 14.9 Å². The summed E-state index contributed by atoms with van der Waals surface area (Å²) in [5.74, 6) is 0.818. The van der Waals surface area contributed by atoms with E-state index in [1.807, 2.05) is 6.20 Å². The first kappa shape index (κ1) is 24.1. The lowest BCUT2D eigenvalue weighted by molar-refractivity contribution is 0.272. The van der Waals surface area contributed by atoms with Gasteiger partial charge in [0.05, 0.1) is 5.52 Å². The summed E-state index contributed by atoms with van der Waals surface area (Å²) in [5.41, 5.74) is 19.4. The number of nitrogen functional groups attached to an aromatic ring is 1. The van der Waals surface area contributed by atoms with Gasteiger partial charge < -0.3 is 16.4 Å². The quantitative estimate of drug-likeness (QED) is 0.338. The number of fused-ring (bicyclic) bond motifs is 3. The van der Waals surface area contributed by atoms with E-state index in [9.17, 15) is 0 Å². The second-order valence-electron chi connectivity index (χ2n) is 9.44. The molecule has 0 aliphatic carbocycles. The van der Waals surface area contributed by atoms with E-state index in [0.717, 1.165) is 54.3 Å². The van der Waals surface area contributed by atoms with Crippen molar-refractivity contribution >= 4 is 27.6 Å². The SMILES string of the molecule is CCN(CC)CC(N)C(C)c1ccc(CCc2cnc3c(N)nc4cc(C)ccc4c3c2)cc1. The molecule has 2 atom stereocenters. The number of anilines is 1. The first-order valence-electron chi connectivity index (χ1n) is 12.4. The average Bonchev–Trinajstić information content (AvgIpc) is 2.85. The van der Waals surface area contributed by atoms with Gasteiger partial charge >= 0.3 is 0 Å². The number of aryl methyl sites for hydroxylation is 3. The maximum Gasteiger partial charge on any atom is 0.150 e. The molecule has 0 amide bonds. The Morgan fingerprint density at radius 2 is 1.62 bits per heavy atom. The van der Waals surface area contributed by atoms with E-state index in [1.54, 1.807) is 0 Å². The predicted octanol–water partition coefficient (Wildman–Crippen LogP) is 5.23. The summed E-state index contributed by atoms with van der Waals surface area (Å²) in [4.78, 5) is 11.6. The van der Waals surface area contributed by atoms with E-state index in [1.165, 1.54) is 22.3 Å². The smallest absolute Gasteiger partial charge is 0.150 e. The van der Waals surface area contributed by atoms with Crippen molar-refractivity contribution in [3.63, 3.8) is 0 Å². The number of pyridine rings is 2. The third-order valence-electron chi connectivity index (χ3n) is 7.08. The molecule has 2 unspecified atom stereocenters. The molecule has 5 nitrogen and oxygen atoms in total. The molecule has 4 aromatic rings. The molecule has 0 spiro atoms. The fraction of sp³-hybridized carbons (Fsp3) is 0.379. The molecule has 0 aliphatic rings. The molecule has 34 heavy (non-hydrogen) atoms. The Balaban J connectivity index is 1.47. The van der Waals surface area contributed by atoms with Crippen molar-refractivity contribution in [3.8, 4) is 0 Å². The monoisotopic (exact) mass is 455 g/mol. The number of benzene rings is 2. The van der Waals surface area contributed by atoms with E-state index in [4.69, 9.17) is 11.5 Å². The number of nitrogens with two attached hydrogens (primary N) is 2. The molecule has 2 aromatic carbocycles. The van der Waals surface area contributed by atoms with Gasteiger partial charge in [-0.25, -0.2) is 4.98 Å². The zero-order valence-corrected chi connectivity index (χ0v) is 20.9. The number of hydrogen-bond donors (Lipinski definition) is 2. The molecule has 0 fully saturated rings. The first-order chi connectivity index (χ1) is 16.4. The summed E-state index contributed by atoms with van der Waals surface area (Å²) in [7, 11) is 0. The van der Waals surface area contributed by atoms with E-state index >= 15 is 0 Å². The molecule has 0 aliphatic heterocycles. The molecule has 2 heterocycles. The lowest BCUT2D eigenvalue weighted by Crippen LogP contribution is -2.40. The Morgan fingerprint density at radius 1 is 0.912 bits per heavy atom. The molecule has 0 saturated carbocycles. The van der Waals surface area contributed by atoms with Crippen LogP contribution in [0.1, 0.15) is 48.9 Å². The molecule has 5 heteroatoms. The van der Waals surface area contributed by atoms with Gasteiger partial charge in [-0.3, -0.25) is 4.98 Å². The number of hydrogen-bond acceptors (Lipinski definition) is 5. The van der Waals surface area contributed by atoms with Crippen molar-refractivity contribution in [2.24, 2.45) is 5.73 Å². The van der Waals surface area contributed by atoms with Crippen molar-refractivity contribution in [2.75, 3.05) is 25.4 Å². The van der Waals surface area contributed by atoms with Crippen LogP contribution in [0, 0.1) is 6.92 Å². The first-order valence-corrected chi connectivity index (χ1v) is 12.4. The lowest BCUT2D eigenvalue weighted by atomic mass is 9.92. The lowest BCUT2D eigenvalue weighted by Gasteiger charge is -2.27. The van der Waals surface area contributed by atoms with Gasteiger partial charge in [0, 0.05) is 29.6 Å². The summed E-state index contributed by atoms with van der Waals surface area (Å²) in [6.07, 6.45) is 3.82. The summed E-state index contributed by atoms with van der Waals surface area (Å²) in [5, 5.41) is 2.18. The number of nitrogens with zero attached hydrogens (tertiary/aromatic N) is 3. The average molecular weight is 456 g/mol. The van der Waals surface area contributed by atoms with E-state index in [2.05, 4.69) is 91.1 Å². The highest BCUT2D eigenvalue weighted by atomic mass is 15.1. The Morgan fingerprint density at radius 3 is 2.32 bits per heavy atom. The maximum atomic E-state index is 6.52. The molecule has 178 valence electrons. The fourth-order valence-electron chi connectivity index (χ4n) is 4.66. The molecular formula is C29H37N5. The van der Waals surface area contributed by atoms with Gasteiger partial charge in [0.1, 0.15) is 5.52 Å². The van der Waals surface area contributed by atoms with Crippen LogP contribution in [0.2, 0.25) is 0 Å². The normalized spacial score (nSPS) is 13.6. The van der Waals surface area contributed by atoms with Gasteiger partial charge in [0.2, 0.25) is 0 Å². The van der Waals surface area contributed by atoms with Gasteiger partial charge in [-0.2, -0.15) is 0 Å². The van der Waals surface area contributed by atoms with Crippen LogP contribution >= 0.6 is 0 Å². The Kier molecular flexibility index (Phi) is 7.44. The maximum absolute atomic E-state index is 6.52.